The standard InChI is InChI=1S/C18H23NO6/c1-4-9-14(20)15(17(22)24-5-2)16(21)12-10-7-8-11-13(12)19-18(23)25-6-3/h7-8,10-11,21H,4-6,9H2,1-3H3,(H,19,23)/b16-15-. The van der Waals surface area contributed by atoms with Gasteiger partial charge in [-0.2, -0.15) is 0 Å². The first-order valence-electron chi connectivity index (χ1n) is 8.12. The van der Waals surface area contributed by atoms with Gasteiger partial charge in [-0.1, -0.05) is 19.1 Å². The molecule has 136 valence electrons. The molecule has 1 rings (SSSR count). The lowest BCUT2D eigenvalue weighted by Gasteiger charge is -2.13. The van der Waals surface area contributed by atoms with Gasteiger partial charge in [-0.25, -0.2) is 9.59 Å². The molecule has 1 aromatic rings. The number of Topliss-reactive ketones (excluding diaryl/α,β-unsaturated/α-hetero) is 1. The minimum atomic E-state index is -0.899. The van der Waals surface area contributed by atoms with Crippen molar-refractivity contribution in [2.75, 3.05) is 18.5 Å². The average Bonchev–Trinajstić information content (AvgIpc) is 2.56. The van der Waals surface area contributed by atoms with Crippen LogP contribution < -0.4 is 5.32 Å². The van der Waals surface area contributed by atoms with E-state index in [1.807, 2.05) is 0 Å². The summed E-state index contributed by atoms with van der Waals surface area (Å²) in [6.07, 6.45) is -0.107. The van der Waals surface area contributed by atoms with E-state index in [1.54, 1.807) is 32.9 Å². The zero-order valence-electron chi connectivity index (χ0n) is 14.6. The lowest BCUT2D eigenvalue weighted by Crippen LogP contribution is -2.19. The second kappa shape index (κ2) is 10.1. The minimum absolute atomic E-state index is 0.0672. The Kier molecular flexibility index (Phi) is 8.18. The Balaban J connectivity index is 3.36. The summed E-state index contributed by atoms with van der Waals surface area (Å²) < 4.78 is 9.69. The third-order valence-electron chi connectivity index (χ3n) is 3.17. The molecular weight excluding hydrogens is 326 g/mol. The Hall–Kier alpha value is -2.83. The summed E-state index contributed by atoms with van der Waals surface area (Å²) in [5, 5.41) is 13.0. The van der Waals surface area contributed by atoms with Gasteiger partial charge in [0.15, 0.2) is 5.78 Å². The second-order valence-electron chi connectivity index (χ2n) is 5.01. The van der Waals surface area contributed by atoms with Crippen molar-refractivity contribution in [3.63, 3.8) is 0 Å². The van der Waals surface area contributed by atoms with E-state index >= 15 is 0 Å². The predicted molar refractivity (Wildman–Crippen MR) is 93.2 cm³/mol. The number of hydrogen-bond acceptors (Lipinski definition) is 6. The first-order chi connectivity index (χ1) is 12.0. The van der Waals surface area contributed by atoms with Crippen molar-refractivity contribution < 1.29 is 29.0 Å². The Bertz CT molecular complexity index is 645. The van der Waals surface area contributed by atoms with E-state index in [2.05, 4.69) is 5.32 Å². The molecule has 7 heteroatoms. The van der Waals surface area contributed by atoms with Crippen molar-refractivity contribution in [1.29, 1.82) is 0 Å². The number of rotatable bonds is 8. The molecule has 0 bridgehead atoms. The molecule has 0 aliphatic rings. The first-order valence-corrected chi connectivity index (χ1v) is 8.12. The van der Waals surface area contributed by atoms with Gasteiger partial charge < -0.3 is 14.6 Å². The van der Waals surface area contributed by atoms with E-state index in [-0.39, 0.29) is 30.9 Å². The zero-order valence-corrected chi connectivity index (χ0v) is 14.6. The van der Waals surface area contributed by atoms with Gasteiger partial charge in [0.25, 0.3) is 0 Å². The molecule has 0 radical (unpaired) electrons. The minimum Gasteiger partial charge on any atom is -0.506 e. The monoisotopic (exact) mass is 349 g/mol. The van der Waals surface area contributed by atoms with Crippen LogP contribution in [0.3, 0.4) is 0 Å². The van der Waals surface area contributed by atoms with Gasteiger partial charge in [0, 0.05) is 12.0 Å². The van der Waals surface area contributed by atoms with Crippen molar-refractivity contribution in [3.05, 3.63) is 35.4 Å². The van der Waals surface area contributed by atoms with Crippen molar-refractivity contribution in [2.24, 2.45) is 0 Å². The van der Waals surface area contributed by atoms with Crippen molar-refractivity contribution in [2.45, 2.75) is 33.6 Å². The number of aliphatic hydroxyl groups is 1. The maximum absolute atomic E-state index is 12.3. The molecule has 2 N–H and O–H groups in total. The number of ether oxygens (including phenoxy) is 2. The number of benzene rings is 1. The number of ketones is 1. The third-order valence-corrected chi connectivity index (χ3v) is 3.17. The summed E-state index contributed by atoms with van der Waals surface area (Å²) in [6.45, 7) is 5.29. The normalized spacial score (nSPS) is 11.3. The quantitative estimate of drug-likeness (QED) is 0.245. The zero-order chi connectivity index (χ0) is 18.8. The fraction of sp³-hybridized carbons (Fsp3) is 0.389. The SMILES string of the molecule is CCCC(=O)/C(C(=O)OCC)=C(/O)c1ccccc1NC(=O)OCC. The van der Waals surface area contributed by atoms with Crippen molar-refractivity contribution in [3.8, 4) is 0 Å². The average molecular weight is 349 g/mol. The van der Waals surface area contributed by atoms with Crippen LogP contribution >= 0.6 is 0 Å². The topological polar surface area (TPSA) is 102 Å². The molecule has 0 saturated carbocycles. The summed E-state index contributed by atoms with van der Waals surface area (Å²) >= 11 is 0. The number of carbonyl (C=O) groups excluding carboxylic acids is 3. The van der Waals surface area contributed by atoms with E-state index in [0.29, 0.717) is 6.42 Å². The van der Waals surface area contributed by atoms with E-state index in [1.165, 1.54) is 12.1 Å². The molecule has 0 unspecified atom stereocenters. The van der Waals surface area contributed by atoms with Crippen LogP contribution in [0.4, 0.5) is 10.5 Å². The molecule has 0 fully saturated rings. The second-order valence-corrected chi connectivity index (χ2v) is 5.01. The molecule has 1 aromatic carbocycles. The molecule has 0 aliphatic heterocycles. The van der Waals surface area contributed by atoms with Crippen LogP contribution in [0.5, 0.6) is 0 Å². The number of amides is 1. The van der Waals surface area contributed by atoms with Gasteiger partial charge in [0.2, 0.25) is 0 Å². The van der Waals surface area contributed by atoms with Crippen LogP contribution in [0.25, 0.3) is 5.76 Å². The maximum atomic E-state index is 12.3. The van der Waals surface area contributed by atoms with Gasteiger partial charge in [0.1, 0.15) is 11.3 Å². The summed E-state index contributed by atoms with van der Waals surface area (Å²) in [5.41, 5.74) is -0.0885. The summed E-state index contributed by atoms with van der Waals surface area (Å²) in [4.78, 5) is 36.1. The lowest BCUT2D eigenvalue weighted by molar-refractivity contribution is -0.140. The lowest BCUT2D eigenvalue weighted by atomic mass is 10.0. The molecule has 0 saturated heterocycles. The molecule has 25 heavy (non-hydrogen) atoms. The number of nitrogens with one attached hydrogen (secondary N) is 1. The molecule has 0 atom stereocenters. The van der Waals surface area contributed by atoms with E-state index in [0.717, 1.165) is 0 Å². The van der Waals surface area contributed by atoms with Crippen LogP contribution in [0.2, 0.25) is 0 Å². The third kappa shape index (κ3) is 5.63. The molecule has 0 spiro atoms. The van der Waals surface area contributed by atoms with Crippen molar-refractivity contribution in [1.82, 2.24) is 0 Å². The Morgan fingerprint density at radius 3 is 2.28 bits per heavy atom. The number of hydrogen-bond donors (Lipinski definition) is 2. The van der Waals surface area contributed by atoms with Crippen molar-refractivity contribution >= 4 is 29.3 Å². The summed E-state index contributed by atoms with van der Waals surface area (Å²) in [7, 11) is 0. The maximum Gasteiger partial charge on any atom is 0.411 e. The van der Waals surface area contributed by atoms with Gasteiger partial charge in [-0.05, 0) is 32.4 Å². The van der Waals surface area contributed by atoms with Gasteiger partial charge in [0.05, 0.1) is 18.9 Å². The van der Waals surface area contributed by atoms with E-state index < -0.39 is 29.2 Å². The van der Waals surface area contributed by atoms with Crippen LogP contribution in [0.15, 0.2) is 29.8 Å². The van der Waals surface area contributed by atoms with Crippen LogP contribution in [-0.4, -0.2) is 36.2 Å². The Morgan fingerprint density at radius 2 is 1.68 bits per heavy atom. The molecule has 0 aliphatic carbocycles. The number of carbonyl (C=O) groups is 3. The van der Waals surface area contributed by atoms with Crippen LogP contribution in [0.1, 0.15) is 39.2 Å². The molecule has 0 heterocycles. The smallest absolute Gasteiger partial charge is 0.411 e. The molecule has 7 nitrogen and oxygen atoms in total. The number of esters is 1. The summed E-state index contributed by atoms with van der Waals surface area (Å²) in [5.74, 6) is -1.96. The van der Waals surface area contributed by atoms with E-state index in [9.17, 15) is 19.5 Å². The van der Waals surface area contributed by atoms with Crippen LogP contribution in [0, 0.1) is 0 Å². The number of aliphatic hydroxyl groups excluding tert-OH is 1. The largest absolute Gasteiger partial charge is 0.506 e. The highest BCUT2D eigenvalue weighted by Gasteiger charge is 2.26. The highest BCUT2D eigenvalue weighted by atomic mass is 16.5. The highest BCUT2D eigenvalue weighted by Crippen LogP contribution is 2.26. The van der Waals surface area contributed by atoms with Crippen LogP contribution in [-0.2, 0) is 19.1 Å². The molecule has 1 amide bonds. The predicted octanol–water partition coefficient (Wildman–Crippen LogP) is 3.46. The Labute approximate surface area is 146 Å². The Morgan fingerprint density at radius 1 is 1.04 bits per heavy atom. The fourth-order valence-corrected chi connectivity index (χ4v) is 2.11. The van der Waals surface area contributed by atoms with E-state index in [4.69, 9.17) is 9.47 Å². The van der Waals surface area contributed by atoms with Gasteiger partial charge >= 0.3 is 12.1 Å². The number of para-hydroxylation sites is 1. The number of anilines is 1. The first kappa shape index (κ1) is 20.2. The fourth-order valence-electron chi connectivity index (χ4n) is 2.11. The molecule has 0 aromatic heterocycles. The highest BCUT2D eigenvalue weighted by molar-refractivity contribution is 6.22. The molecular formula is C18H23NO6. The van der Waals surface area contributed by atoms with Gasteiger partial charge in [-0.15, -0.1) is 0 Å². The van der Waals surface area contributed by atoms with Gasteiger partial charge in [-0.3, -0.25) is 10.1 Å². The summed E-state index contributed by atoms with van der Waals surface area (Å²) in [6, 6.07) is 6.25.